The van der Waals surface area contributed by atoms with Crippen LogP contribution in [0, 0.1) is 0 Å². The summed E-state index contributed by atoms with van der Waals surface area (Å²) in [6.45, 7) is 2.59. The van der Waals surface area contributed by atoms with E-state index in [1.165, 1.54) is 0 Å². The van der Waals surface area contributed by atoms with Gasteiger partial charge in [-0.15, -0.1) is 0 Å². The Kier molecular flexibility index (Phi) is 3.64. The van der Waals surface area contributed by atoms with E-state index in [1.54, 1.807) is 0 Å². The van der Waals surface area contributed by atoms with Crippen LogP contribution in [0.5, 0.6) is 5.75 Å². The molecule has 2 N–H and O–H groups in total. The number of rotatable bonds is 2. The van der Waals surface area contributed by atoms with Crippen LogP contribution in [0.2, 0.25) is 0 Å². The summed E-state index contributed by atoms with van der Waals surface area (Å²) in [5, 5.41) is 0. The highest BCUT2D eigenvalue weighted by molar-refractivity contribution is 5.79. The van der Waals surface area contributed by atoms with E-state index in [0.717, 1.165) is 50.6 Å². The highest BCUT2D eigenvalue weighted by atomic mass is 16.5. The Labute approximate surface area is 156 Å². The van der Waals surface area contributed by atoms with Crippen LogP contribution in [-0.2, 0) is 0 Å². The molecule has 0 radical (unpaired) electrons. The summed E-state index contributed by atoms with van der Waals surface area (Å²) in [6, 6.07) is 14.2. The van der Waals surface area contributed by atoms with Gasteiger partial charge in [0.15, 0.2) is 0 Å². The van der Waals surface area contributed by atoms with Gasteiger partial charge in [-0.2, -0.15) is 0 Å². The van der Waals surface area contributed by atoms with Gasteiger partial charge in [0.1, 0.15) is 5.75 Å². The number of fused-ring (bicyclic) bond motifs is 8. The molecule has 5 nitrogen and oxygen atoms in total. The Morgan fingerprint density at radius 1 is 0.704 bits per heavy atom. The lowest BCUT2D eigenvalue weighted by molar-refractivity contribution is 0.345. The van der Waals surface area contributed by atoms with E-state index in [4.69, 9.17) is 4.74 Å². The van der Waals surface area contributed by atoms with Crippen molar-refractivity contribution < 1.29 is 4.74 Å². The van der Waals surface area contributed by atoms with Gasteiger partial charge in [-0.1, -0.05) is 0 Å². The molecule has 0 aliphatic carbocycles. The zero-order valence-electron chi connectivity index (χ0n) is 14.9. The average Bonchev–Trinajstić information content (AvgIpc) is 3.41. The zero-order chi connectivity index (χ0) is 18.2. The molecule has 2 aliphatic rings. The molecule has 0 saturated heterocycles. The van der Waals surface area contributed by atoms with Gasteiger partial charge < -0.3 is 14.7 Å². The molecule has 0 amide bonds. The van der Waals surface area contributed by atoms with E-state index < -0.39 is 0 Å². The van der Waals surface area contributed by atoms with Crippen molar-refractivity contribution in [2.45, 2.75) is 6.92 Å². The first kappa shape index (κ1) is 15.6. The number of H-pyrrole nitrogens is 2. The van der Waals surface area contributed by atoms with Gasteiger partial charge in [-0.05, 0) is 67.6 Å². The number of nitrogens with one attached hydrogen (secondary N) is 2. The summed E-state index contributed by atoms with van der Waals surface area (Å²) < 4.78 is 5.79. The predicted molar refractivity (Wildman–Crippen MR) is 110 cm³/mol. The first-order valence-corrected chi connectivity index (χ1v) is 8.96. The molecule has 0 spiro atoms. The second-order valence-electron chi connectivity index (χ2n) is 6.47. The van der Waals surface area contributed by atoms with Crippen LogP contribution in [0.25, 0.3) is 46.4 Å². The van der Waals surface area contributed by atoms with Crippen molar-refractivity contribution in [3.8, 4) is 5.75 Å². The fourth-order valence-electron chi connectivity index (χ4n) is 3.27. The van der Waals surface area contributed by atoms with Crippen molar-refractivity contribution in [3.63, 3.8) is 0 Å². The Bertz CT molecular complexity index is 1240. The fraction of sp³-hybridized carbons (Fsp3) is 0.0909. The summed E-state index contributed by atoms with van der Waals surface area (Å²) in [4.78, 5) is 16.1. The molecule has 5 rings (SSSR count). The van der Waals surface area contributed by atoms with Gasteiger partial charge in [-0.25, -0.2) is 9.97 Å². The summed E-state index contributed by atoms with van der Waals surface area (Å²) in [7, 11) is 0. The first-order chi connectivity index (χ1) is 13.2. The molecule has 0 aromatic carbocycles. The Morgan fingerprint density at radius 3 is 1.85 bits per heavy atom. The van der Waals surface area contributed by atoms with Gasteiger partial charge >= 0.3 is 0 Å². The molecule has 0 fully saturated rings. The minimum Gasteiger partial charge on any atom is -0.492 e. The third-order valence-electron chi connectivity index (χ3n) is 4.43. The second-order valence-corrected chi connectivity index (χ2v) is 6.47. The minimum atomic E-state index is 0.605. The Morgan fingerprint density at radius 2 is 1.26 bits per heavy atom. The van der Waals surface area contributed by atoms with E-state index in [1.807, 2.05) is 73.7 Å². The maximum absolute atomic E-state index is 5.79. The number of aromatic amines is 2. The number of nitrogens with zero attached hydrogens (tertiary/aromatic N) is 2. The van der Waals surface area contributed by atoms with E-state index >= 15 is 0 Å². The summed E-state index contributed by atoms with van der Waals surface area (Å²) in [5.41, 5.74) is 7.48. The van der Waals surface area contributed by atoms with Crippen LogP contribution in [-0.4, -0.2) is 26.5 Å². The fourth-order valence-corrected chi connectivity index (χ4v) is 3.27. The van der Waals surface area contributed by atoms with Gasteiger partial charge in [0.25, 0.3) is 0 Å². The Hall–Kier alpha value is -3.60. The lowest BCUT2D eigenvalue weighted by atomic mass is 10.3. The quantitative estimate of drug-likeness (QED) is 0.466. The third kappa shape index (κ3) is 3.15. The molecule has 0 saturated carbocycles. The second kappa shape index (κ2) is 6.29. The van der Waals surface area contributed by atoms with Crippen LogP contribution in [0.4, 0.5) is 0 Å². The van der Waals surface area contributed by atoms with Crippen molar-refractivity contribution in [3.05, 3.63) is 65.2 Å². The van der Waals surface area contributed by atoms with E-state index in [2.05, 4.69) is 19.9 Å². The molecule has 0 atom stereocenters. The third-order valence-corrected chi connectivity index (χ3v) is 4.43. The smallest absolute Gasteiger partial charge is 0.144 e. The first-order valence-electron chi connectivity index (χ1n) is 8.96. The maximum Gasteiger partial charge on any atom is 0.144 e. The maximum atomic E-state index is 5.79. The lowest BCUT2D eigenvalue weighted by Crippen LogP contribution is -1.89. The molecule has 3 aromatic rings. The predicted octanol–water partition coefficient (Wildman–Crippen LogP) is 5.05. The largest absolute Gasteiger partial charge is 0.492 e. The molecule has 3 aromatic heterocycles. The van der Waals surface area contributed by atoms with Crippen LogP contribution < -0.4 is 4.74 Å². The summed E-state index contributed by atoms with van der Waals surface area (Å²) >= 11 is 0. The Balaban J connectivity index is 1.83. The lowest BCUT2D eigenvalue weighted by Gasteiger charge is -1.97. The number of hydrogen-bond acceptors (Lipinski definition) is 3. The average molecular weight is 354 g/mol. The molecule has 132 valence electrons. The molecular weight excluding hydrogens is 336 g/mol. The van der Waals surface area contributed by atoms with Crippen molar-refractivity contribution in [2.75, 3.05) is 6.61 Å². The van der Waals surface area contributed by atoms with Crippen LogP contribution in [0.15, 0.2) is 42.5 Å². The van der Waals surface area contributed by atoms with Crippen LogP contribution in [0.3, 0.4) is 0 Å². The van der Waals surface area contributed by atoms with Gasteiger partial charge in [0.05, 0.1) is 34.9 Å². The summed E-state index contributed by atoms with van der Waals surface area (Å²) in [6.07, 6.45) is 8.03. The highest BCUT2D eigenvalue weighted by Gasteiger charge is 2.05. The van der Waals surface area contributed by atoms with Crippen LogP contribution in [0.1, 0.15) is 29.7 Å². The highest BCUT2D eigenvalue weighted by Crippen LogP contribution is 2.24. The monoisotopic (exact) mass is 354 g/mol. The van der Waals surface area contributed by atoms with Gasteiger partial charge in [-0.3, -0.25) is 0 Å². The molecular formula is C22H18N4O. The minimum absolute atomic E-state index is 0.605. The molecule has 0 unspecified atom stereocenters. The topological polar surface area (TPSA) is 66.6 Å². The van der Waals surface area contributed by atoms with Crippen LogP contribution >= 0.6 is 0 Å². The van der Waals surface area contributed by atoms with Crippen molar-refractivity contribution in [2.24, 2.45) is 0 Å². The number of ether oxygens (including phenoxy) is 1. The molecule has 5 heteroatoms. The van der Waals surface area contributed by atoms with Gasteiger partial charge in [0, 0.05) is 22.6 Å². The number of hydrogen-bond donors (Lipinski definition) is 2. The number of aromatic nitrogens is 4. The SMILES string of the molecule is CCOc1cc2cc3nc(cc4ccc(cc5nc(cc1[nH]2)C=C5)[nH]4)C=C3. The standard InChI is InChI=1S/C22H18N4O/c1-2-27-22-13-20-11-18-6-5-16(24-18)9-14-3-4-15(23-14)10-17-7-8-19(25-17)12-21(22)26-20/h3-13,23,26H,2H2,1H3. The van der Waals surface area contributed by atoms with Crippen molar-refractivity contribution in [1.29, 1.82) is 0 Å². The van der Waals surface area contributed by atoms with Crippen molar-refractivity contribution >= 4 is 46.4 Å². The normalized spacial score (nSPS) is 12.5. The van der Waals surface area contributed by atoms with E-state index in [9.17, 15) is 0 Å². The van der Waals surface area contributed by atoms with Gasteiger partial charge in [0.2, 0.25) is 0 Å². The summed E-state index contributed by atoms with van der Waals surface area (Å²) in [5.74, 6) is 0.813. The molecule has 27 heavy (non-hydrogen) atoms. The van der Waals surface area contributed by atoms with E-state index in [0.29, 0.717) is 6.61 Å². The molecule has 2 aliphatic heterocycles. The van der Waals surface area contributed by atoms with E-state index in [-0.39, 0.29) is 0 Å². The molecule has 5 heterocycles. The zero-order valence-corrected chi connectivity index (χ0v) is 14.9. The molecule has 8 bridgehead atoms. The van der Waals surface area contributed by atoms with Crippen molar-refractivity contribution in [1.82, 2.24) is 19.9 Å².